The lowest BCUT2D eigenvalue weighted by Gasteiger charge is -2.45. The zero-order valence-corrected chi connectivity index (χ0v) is 18.0. The van der Waals surface area contributed by atoms with E-state index in [2.05, 4.69) is 21.2 Å². The maximum atomic E-state index is 12.2. The fraction of sp³-hybridized carbons (Fsp3) is 0.941. The minimum Gasteiger partial charge on any atom is -0.444 e. The van der Waals surface area contributed by atoms with Crippen molar-refractivity contribution in [2.24, 2.45) is 5.41 Å². The Balaban J connectivity index is 1.70. The van der Waals surface area contributed by atoms with Gasteiger partial charge in [0.15, 0.2) is 0 Å². The van der Waals surface area contributed by atoms with Crippen molar-refractivity contribution < 1.29 is 18.5 Å². The van der Waals surface area contributed by atoms with Gasteiger partial charge in [-0.1, -0.05) is 0 Å². The van der Waals surface area contributed by atoms with Crippen LogP contribution in [0.5, 0.6) is 0 Å². The van der Waals surface area contributed by atoms with Crippen molar-refractivity contribution in [2.45, 2.75) is 71.0 Å². The van der Waals surface area contributed by atoms with E-state index in [1.165, 1.54) is 22.1 Å². The van der Waals surface area contributed by atoms with Crippen molar-refractivity contribution in [3.05, 3.63) is 0 Å². The van der Waals surface area contributed by atoms with E-state index in [1.807, 2.05) is 25.7 Å². The predicted molar refractivity (Wildman–Crippen MR) is 105 cm³/mol. The SMILES string of the molecule is CC(C)(C)OC(=O)N1CCC2(CCC(OCCOSI)CC2)CC1. The van der Waals surface area contributed by atoms with Crippen LogP contribution in [-0.4, -0.2) is 49.0 Å². The molecule has 1 saturated carbocycles. The summed E-state index contributed by atoms with van der Waals surface area (Å²) in [4.78, 5) is 14.1. The monoisotopic (exact) mass is 471 g/mol. The van der Waals surface area contributed by atoms with E-state index in [0.717, 1.165) is 38.8 Å². The quantitative estimate of drug-likeness (QED) is 0.322. The number of ether oxygens (including phenoxy) is 2. The van der Waals surface area contributed by atoms with Gasteiger partial charge in [0.05, 0.1) is 28.5 Å². The van der Waals surface area contributed by atoms with Crippen LogP contribution in [0.3, 0.4) is 0 Å². The summed E-state index contributed by atoms with van der Waals surface area (Å²) >= 11 is 2.12. The molecule has 24 heavy (non-hydrogen) atoms. The standard InChI is InChI=1S/C17H30INO4S/c1-16(2,3)23-15(20)19-10-8-17(9-11-19)6-4-14(5-7-17)21-12-13-22-24-18/h14H,4-13H2,1-3H3. The van der Waals surface area contributed by atoms with E-state index in [4.69, 9.17) is 13.7 Å². The van der Waals surface area contributed by atoms with Gasteiger partial charge in [-0.15, -0.1) is 0 Å². The first-order valence-electron chi connectivity index (χ1n) is 8.83. The van der Waals surface area contributed by atoms with Gasteiger partial charge in [0.2, 0.25) is 0 Å². The summed E-state index contributed by atoms with van der Waals surface area (Å²) in [6, 6.07) is 0. The van der Waals surface area contributed by atoms with Crippen LogP contribution in [0.15, 0.2) is 0 Å². The van der Waals surface area contributed by atoms with Gasteiger partial charge in [0.1, 0.15) is 5.60 Å². The van der Waals surface area contributed by atoms with Crippen molar-refractivity contribution in [3.8, 4) is 0 Å². The van der Waals surface area contributed by atoms with Crippen LogP contribution in [0, 0.1) is 5.41 Å². The molecule has 0 aromatic rings. The lowest BCUT2D eigenvalue weighted by atomic mass is 9.67. The number of nitrogens with zero attached hydrogens (tertiary/aromatic N) is 1. The molecule has 140 valence electrons. The fourth-order valence-electron chi connectivity index (χ4n) is 3.64. The molecule has 0 aromatic carbocycles. The molecule has 2 aliphatic rings. The number of piperidine rings is 1. The average molecular weight is 471 g/mol. The second-order valence-corrected chi connectivity index (χ2v) is 9.36. The summed E-state index contributed by atoms with van der Waals surface area (Å²) in [6.07, 6.45) is 7.07. The predicted octanol–water partition coefficient (Wildman–Crippen LogP) is 4.98. The minimum absolute atomic E-state index is 0.164. The Kier molecular flexibility index (Phi) is 7.96. The third-order valence-electron chi connectivity index (χ3n) is 5.03. The molecule has 0 radical (unpaired) electrons. The number of halogens is 1. The Hall–Kier alpha value is 0.270. The molecule has 0 atom stereocenters. The Morgan fingerprint density at radius 2 is 1.79 bits per heavy atom. The van der Waals surface area contributed by atoms with Crippen LogP contribution in [0.25, 0.3) is 0 Å². The number of hydrogen-bond acceptors (Lipinski definition) is 5. The third-order valence-corrected chi connectivity index (χ3v) is 6.05. The molecule has 0 unspecified atom stereocenters. The second-order valence-electron chi connectivity index (χ2n) is 7.92. The molecule has 7 heteroatoms. The fourth-order valence-corrected chi connectivity index (χ4v) is 4.31. The molecule has 1 heterocycles. The number of likely N-dealkylation sites (tertiary alicyclic amines) is 1. The Bertz CT molecular complexity index is 398. The number of carbonyl (C=O) groups is 1. The molecule has 1 aliphatic heterocycles. The molecular formula is C17H30INO4S. The summed E-state index contributed by atoms with van der Waals surface area (Å²) in [7, 11) is 1.36. The number of rotatable bonds is 5. The van der Waals surface area contributed by atoms with E-state index in [-0.39, 0.29) is 6.09 Å². The van der Waals surface area contributed by atoms with Gasteiger partial charge >= 0.3 is 6.09 Å². The summed E-state index contributed by atoms with van der Waals surface area (Å²) in [6.45, 7) is 8.73. The molecule has 1 amide bonds. The van der Waals surface area contributed by atoms with E-state index in [0.29, 0.717) is 24.7 Å². The van der Waals surface area contributed by atoms with Crippen molar-refractivity contribution in [3.63, 3.8) is 0 Å². The summed E-state index contributed by atoms with van der Waals surface area (Å²) in [5.41, 5.74) is -0.00588. The first-order chi connectivity index (χ1) is 11.3. The van der Waals surface area contributed by atoms with E-state index < -0.39 is 5.60 Å². The van der Waals surface area contributed by atoms with Crippen molar-refractivity contribution in [1.29, 1.82) is 0 Å². The van der Waals surface area contributed by atoms with Crippen LogP contribution in [0.4, 0.5) is 4.79 Å². The molecule has 0 aromatic heterocycles. The molecular weight excluding hydrogens is 441 g/mol. The van der Waals surface area contributed by atoms with Crippen molar-refractivity contribution >= 4 is 36.5 Å². The first kappa shape index (κ1) is 20.6. The van der Waals surface area contributed by atoms with Gasteiger partial charge in [0.25, 0.3) is 0 Å². The van der Waals surface area contributed by atoms with Gasteiger partial charge in [-0.25, -0.2) is 4.79 Å². The number of carbonyl (C=O) groups excluding carboxylic acids is 1. The maximum absolute atomic E-state index is 12.2. The Morgan fingerprint density at radius 3 is 2.33 bits per heavy atom. The van der Waals surface area contributed by atoms with Gasteiger partial charge < -0.3 is 18.6 Å². The van der Waals surface area contributed by atoms with E-state index >= 15 is 0 Å². The van der Waals surface area contributed by atoms with Gasteiger partial charge in [0, 0.05) is 34.3 Å². The molecule has 0 bridgehead atoms. The highest BCUT2D eigenvalue weighted by Gasteiger charge is 2.39. The smallest absolute Gasteiger partial charge is 0.410 e. The molecule has 1 saturated heterocycles. The van der Waals surface area contributed by atoms with Crippen LogP contribution < -0.4 is 0 Å². The lowest BCUT2D eigenvalue weighted by molar-refractivity contribution is -0.0338. The third kappa shape index (κ3) is 6.53. The van der Waals surface area contributed by atoms with E-state index in [1.54, 1.807) is 0 Å². The molecule has 5 nitrogen and oxygen atoms in total. The van der Waals surface area contributed by atoms with E-state index in [9.17, 15) is 4.79 Å². The molecule has 2 rings (SSSR count). The van der Waals surface area contributed by atoms with Crippen LogP contribution in [-0.2, 0) is 13.7 Å². The zero-order chi connectivity index (χ0) is 17.6. The number of hydrogen-bond donors (Lipinski definition) is 0. The second kappa shape index (κ2) is 9.28. The zero-order valence-electron chi connectivity index (χ0n) is 15.0. The van der Waals surface area contributed by atoms with Gasteiger partial charge in [-0.05, 0) is 64.7 Å². The Morgan fingerprint density at radius 1 is 1.17 bits per heavy atom. The highest BCUT2D eigenvalue weighted by atomic mass is 127. The van der Waals surface area contributed by atoms with Crippen molar-refractivity contribution in [1.82, 2.24) is 4.90 Å². The lowest BCUT2D eigenvalue weighted by Crippen LogP contribution is -2.46. The summed E-state index contributed by atoms with van der Waals surface area (Å²) < 4.78 is 16.6. The van der Waals surface area contributed by atoms with Crippen molar-refractivity contribution in [2.75, 3.05) is 26.3 Å². The minimum atomic E-state index is -0.416. The van der Waals surface area contributed by atoms with Gasteiger partial charge in [-0.2, -0.15) is 0 Å². The molecule has 1 spiro atoms. The number of amides is 1. The Labute approximate surface area is 162 Å². The highest BCUT2D eigenvalue weighted by molar-refractivity contribution is 14.2. The summed E-state index contributed by atoms with van der Waals surface area (Å²) in [5.74, 6) is 0. The average Bonchev–Trinajstić information content (AvgIpc) is 2.52. The maximum Gasteiger partial charge on any atom is 0.410 e. The highest BCUT2D eigenvalue weighted by Crippen LogP contribution is 2.45. The van der Waals surface area contributed by atoms with Crippen LogP contribution in [0.2, 0.25) is 0 Å². The topological polar surface area (TPSA) is 48.0 Å². The van der Waals surface area contributed by atoms with Gasteiger partial charge in [-0.3, -0.25) is 0 Å². The van der Waals surface area contributed by atoms with Crippen LogP contribution in [0.1, 0.15) is 59.3 Å². The first-order valence-corrected chi connectivity index (χ1v) is 12.1. The summed E-state index contributed by atoms with van der Waals surface area (Å²) in [5, 5.41) is 0. The largest absolute Gasteiger partial charge is 0.444 e. The molecule has 1 aliphatic carbocycles. The molecule has 0 N–H and O–H groups in total. The van der Waals surface area contributed by atoms with Crippen LogP contribution >= 0.6 is 30.4 Å². The normalized spacial score (nSPS) is 21.9. The molecule has 2 fully saturated rings.